The lowest BCUT2D eigenvalue weighted by Crippen LogP contribution is -2.32. The number of hydrogen-bond acceptors (Lipinski definition) is 2. The summed E-state index contributed by atoms with van der Waals surface area (Å²) >= 11 is 1.93. The lowest BCUT2D eigenvalue weighted by Gasteiger charge is -2.31. The van der Waals surface area contributed by atoms with Crippen molar-refractivity contribution in [3.8, 4) is 0 Å². The minimum Gasteiger partial charge on any atom is -0.361 e. The van der Waals surface area contributed by atoms with Gasteiger partial charge in [-0.25, -0.2) is 0 Å². The van der Waals surface area contributed by atoms with Gasteiger partial charge in [0.15, 0.2) is 5.17 Å². The van der Waals surface area contributed by atoms with Crippen LogP contribution in [0.4, 0.5) is 0 Å². The van der Waals surface area contributed by atoms with Gasteiger partial charge >= 0.3 is 0 Å². The van der Waals surface area contributed by atoms with Crippen molar-refractivity contribution >= 4 is 16.9 Å². The van der Waals surface area contributed by atoms with Crippen LogP contribution in [0.5, 0.6) is 0 Å². The van der Waals surface area contributed by atoms with Crippen molar-refractivity contribution < 1.29 is 0 Å². The van der Waals surface area contributed by atoms with Crippen LogP contribution in [0.15, 0.2) is 4.99 Å². The molecule has 3 heteroatoms. The highest BCUT2D eigenvalue weighted by molar-refractivity contribution is 8.14. The summed E-state index contributed by atoms with van der Waals surface area (Å²) in [5, 5.41) is 4.83. The Morgan fingerprint density at radius 1 is 1.33 bits per heavy atom. The van der Waals surface area contributed by atoms with E-state index < -0.39 is 0 Å². The summed E-state index contributed by atoms with van der Waals surface area (Å²) in [6, 6.07) is 1.20. The molecule has 2 rings (SSSR count). The van der Waals surface area contributed by atoms with Crippen LogP contribution in [0.1, 0.15) is 53.4 Å². The Labute approximate surface area is 116 Å². The first-order chi connectivity index (χ1) is 8.56. The fraction of sp³-hybridized carbons (Fsp3) is 0.933. The van der Waals surface area contributed by atoms with Crippen molar-refractivity contribution in [3.63, 3.8) is 0 Å². The van der Waals surface area contributed by atoms with Crippen LogP contribution in [0.25, 0.3) is 0 Å². The fourth-order valence-electron chi connectivity index (χ4n) is 3.09. The molecule has 2 aliphatic rings. The number of thioether (sulfide) groups is 1. The molecular formula is C15H28N2S. The van der Waals surface area contributed by atoms with Crippen LogP contribution in [-0.4, -0.2) is 23.0 Å². The van der Waals surface area contributed by atoms with Gasteiger partial charge < -0.3 is 5.32 Å². The molecule has 1 N–H and O–H groups in total. The van der Waals surface area contributed by atoms with Gasteiger partial charge in [-0.3, -0.25) is 4.99 Å². The Hall–Kier alpha value is -0.180. The molecule has 0 spiro atoms. The van der Waals surface area contributed by atoms with E-state index in [0.29, 0.717) is 12.1 Å². The SMILES string of the molecule is CC(C)CC1CSC(=NC2CCCC(C)C2C)N1. The highest BCUT2D eigenvalue weighted by Crippen LogP contribution is 2.32. The van der Waals surface area contributed by atoms with Crippen LogP contribution in [0.2, 0.25) is 0 Å². The Morgan fingerprint density at radius 3 is 2.83 bits per heavy atom. The molecule has 0 radical (unpaired) electrons. The van der Waals surface area contributed by atoms with E-state index in [9.17, 15) is 0 Å². The van der Waals surface area contributed by atoms with E-state index in [1.165, 1.54) is 36.6 Å². The molecule has 0 aromatic heterocycles. The zero-order valence-electron chi connectivity index (χ0n) is 12.3. The van der Waals surface area contributed by atoms with E-state index in [1.54, 1.807) is 0 Å². The number of amidine groups is 1. The topological polar surface area (TPSA) is 24.4 Å². The maximum absolute atomic E-state index is 4.99. The zero-order valence-corrected chi connectivity index (χ0v) is 13.1. The molecule has 1 heterocycles. The summed E-state index contributed by atoms with van der Waals surface area (Å²) in [5.74, 6) is 3.56. The summed E-state index contributed by atoms with van der Waals surface area (Å²) in [6.45, 7) is 9.36. The first kappa shape index (κ1) is 14.2. The summed E-state index contributed by atoms with van der Waals surface area (Å²) < 4.78 is 0. The molecule has 0 aromatic carbocycles. The van der Waals surface area contributed by atoms with Crippen molar-refractivity contribution in [2.45, 2.75) is 65.5 Å². The minimum absolute atomic E-state index is 0.557. The van der Waals surface area contributed by atoms with Crippen LogP contribution in [-0.2, 0) is 0 Å². The van der Waals surface area contributed by atoms with Gasteiger partial charge in [-0.1, -0.05) is 52.3 Å². The van der Waals surface area contributed by atoms with Crippen molar-refractivity contribution in [2.75, 3.05) is 5.75 Å². The van der Waals surface area contributed by atoms with E-state index >= 15 is 0 Å². The Kier molecular flexibility index (Phi) is 4.99. The lowest BCUT2D eigenvalue weighted by atomic mass is 9.78. The molecule has 2 fully saturated rings. The summed E-state index contributed by atoms with van der Waals surface area (Å²) in [5.41, 5.74) is 0. The first-order valence-corrected chi connectivity index (χ1v) is 8.52. The molecule has 1 saturated heterocycles. The van der Waals surface area contributed by atoms with Gasteiger partial charge in [0, 0.05) is 11.8 Å². The average Bonchev–Trinajstić information content (AvgIpc) is 2.71. The second kappa shape index (κ2) is 6.31. The molecule has 0 amide bonds. The van der Waals surface area contributed by atoms with Gasteiger partial charge in [0.25, 0.3) is 0 Å². The number of nitrogens with one attached hydrogen (secondary N) is 1. The van der Waals surface area contributed by atoms with Gasteiger partial charge in [-0.15, -0.1) is 0 Å². The lowest BCUT2D eigenvalue weighted by molar-refractivity contribution is 0.241. The predicted molar refractivity (Wildman–Crippen MR) is 82.2 cm³/mol. The number of rotatable bonds is 3. The second-order valence-electron chi connectivity index (χ2n) is 6.55. The number of aliphatic imine (C=N–C) groups is 1. The van der Waals surface area contributed by atoms with Crippen LogP contribution >= 0.6 is 11.8 Å². The largest absolute Gasteiger partial charge is 0.361 e. The molecular weight excluding hydrogens is 240 g/mol. The molecule has 0 bridgehead atoms. The Balaban J connectivity index is 1.89. The first-order valence-electron chi connectivity index (χ1n) is 7.53. The van der Waals surface area contributed by atoms with Gasteiger partial charge in [-0.05, 0) is 30.6 Å². The van der Waals surface area contributed by atoms with Gasteiger partial charge in [-0.2, -0.15) is 0 Å². The van der Waals surface area contributed by atoms with Crippen LogP contribution in [0, 0.1) is 17.8 Å². The van der Waals surface area contributed by atoms with E-state index in [0.717, 1.165) is 17.8 Å². The van der Waals surface area contributed by atoms with Gasteiger partial charge in [0.05, 0.1) is 6.04 Å². The maximum atomic E-state index is 4.99. The highest BCUT2D eigenvalue weighted by atomic mass is 32.2. The monoisotopic (exact) mass is 268 g/mol. The Bertz CT molecular complexity index is 301. The smallest absolute Gasteiger partial charge is 0.157 e. The molecule has 18 heavy (non-hydrogen) atoms. The normalized spacial score (nSPS) is 39.3. The third-order valence-corrected chi connectivity index (χ3v) is 5.52. The molecule has 104 valence electrons. The fourth-order valence-corrected chi connectivity index (χ4v) is 4.13. The van der Waals surface area contributed by atoms with Crippen molar-refractivity contribution in [2.24, 2.45) is 22.7 Å². The number of hydrogen-bond donors (Lipinski definition) is 1. The quantitative estimate of drug-likeness (QED) is 0.839. The molecule has 4 unspecified atom stereocenters. The van der Waals surface area contributed by atoms with Crippen molar-refractivity contribution in [1.82, 2.24) is 5.32 Å². The maximum Gasteiger partial charge on any atom is 0.157 e. The van der Waals surface area contributed by atoms with E-state index in [4.69, 9.17) is 4.99 Å². The molecule has 1 aliphatic carbocycles. The number of nitrogens with zero attached hydrogens (tertiary/aromatic N) is 1. The second-order valence-corrected chi connectivity index (χ2v) is 7.56. The molecule has 4 atom stereocenters. The third-order valence-electron chi connectivity index (χ3n) is 4.45. The van der Waals surface area contributed by atoms with Crippen LogP contribution < -0.4 is 5.32 Å². The minimum atomic E-state index is 0.557. The van der Waals surface area contributed by atoms with Crippen molar-refractivity contribution in [3.05, 3.63) is 0 Å². The average molecular weight is 268 g/mol. The molecule has 0 aromatic rings. The highest BCUT2D eigenvalue weighted by Gasteiger charge is 2.28. The van der Waals surface area contributed by atoms with Gasteiger partial charge in [0.1, 0.15) is 0 Å². The summed E-state index contributed by atoms with van der Waals surface area (Å²) in [7, 11) is 0. The standard InChI is InChI=1S/C15H28N2S/c1-10(2)8-13-9-18-15(16-13)17-14-7-5-6-11(3)12(14)4/h10-14H,5-9H2,1-4H3,(H,16,17). The van der Waals surface area contributed by atoms with Crippen molar-refractivity contribution in [1.29, 1.82) is 0 Å². The molecule has 1 saturated carbocycles. The zero-order chi connectivity index (χ0) is 13.1. The predicted octanol–water partition coefficient (Wildman–Crippen LogP) is 3.92. The molecule has 2 nitrogen and oxygen atoms in total. The Morgan fingerprint density at radius 2 is 2.11 bits per heavy atom. The summed E-state index contributed by atoms with van der Waals surface area (Å²) in [4.78, 5) is 4.99. The van der Waals surface area contributed by atoms with E-state index in [2.05, 4.69) is 33.0 Å². The van der Waals surface area contributed by atoms with E-state index in [-0.39, 0.29) is 0 Å². The van der Waals surface area contributed by atoms with E-state index in [1.807, 2.05) is 11.8 Å². The van der Waals surface area contributed by atoms with Crippen LogP contribution in [0.3, 0.4) is 0 Å². The summed E-state index contributed by atoms with van der Waals surface area (Å²) in [6.07, 6.45) is 5.29. The van der Waals surface area contributed by atoms with Gasteiger partial charge in [0.2, 0.25) is 0 Å². The molecule has 1 aliphatic heterocycles. The third kappa shape index (κ3) is 3.66.